The van der Waals surface area contributed by atoms with E-state index in [1.165, 1.54) is 18.8 Å². The van der Waals surface area contributed by atoms with E-state index < -0.39 is 0 Å². The van der Waals surface area contributed by atoms with Gasteiger partial charge in [0.1, 0.15) is 0 Å². The normalized spacial score (nSPS) is 27.0. The van der Waals surface area contributed by atoms with Crippen LogP contribution in [0.25, 0.3) is 0 Å². The molecule has 0 aromatic carbocycles. The molecule has 1 saturated heterocycles. The second kappa shape index (κ2) is 3.99. The van der Waals surface area contributed by atoms with Crippen LogP contribution in [0.2, 0.25) is 0 Å². The second-order valence-electron chi connectivity index (χ2n) is 4.16. The summed E-state index contributed by atoms with van der Waals surface area (Å²) in [6, 6.07) is 0.546. The van der Waals surface area contributed by atoms with Gasteiger partial charge in [-0.05, 0) is 20.8 Å². The van der Waals surface area contributed by atoms with E-state index in [-0.39, 0.29) is 0 Å². The summed E-state index contributed by atoms with van der Waals surface area (Å²) in [5.41, 5.74) is 5.64. The highest BCUT2D eigenvalue weighted by atomic mass is 32.2. The van der Waals surface area contributed by atoms with Crippen LogP contribution in [-0.4, -0.2) is 41.1 Å². The fourth-order valence-electron chi connectivity index (χ4n) is 1.58. The van der Waals surface area contributed by atoms with E-state index in [1.807, 2.05) is 0 Å². The molecule has 1 fully saturated rings. The minimum Gasteiger partial charge on any atom is -0.329 e. The van der Waals surface area contributed by atoms with Crippen LogP contribution in [0, 0.1) is 0 Å². The molecule has 1 aliphatic heterocycles. The molecule has 0 aromatic rings. The molecule has 1 heterocycles. The highest BCUT2D eigenvalue weighted by molar-refractivity contribution is 8.00. The van der Waals surface area contributed by atoms with Crippen LogP contribution in [0.5, 0.6) is 0 Å². The Morgan fingerprint density at radius 3 is 2.75 bits per heavy atom. The van der Waals surface area contributed by atoms with Gasteiger partial charge in [-0.3, -0.25) is 4.90 Å². The van der Waals surface area contributed by atoms with Crippen molar-refractivity contribution in [2.45, 2.75) is 31.6 Å². The summed E-state index contributed by atoms with van der Waals surface area (Å²) in [5, 5.41) is 0. The van der Waals surface area contributed by atoms with Crippen molar-refractivity contribution >= 4 is 11.8 Å². The first-order valence-electron chi connectivity index (χ1n) is 4.63. The van der Waals surface area contributed by atoms with Crippen molar-refractivity contribution in [3.05, 3.63) is 0 Å². The maximum atomic E-state index is 5.64. The quantitative estimate of drug-likeness (QED) is 0.705. The molecular weight excluding hydrogens is 168 g/mol. The topological polar surface area (TPSA) is 29.3 Å². The predicted molar refractivity (Wildman–Crippen MR) is 56.6 cm³/mol. The molecule has 3 heteroatoms. The van der Waals surface area contributed by atoms with Gasteiger partial charge in [-0.25, -0.2) is 0 Å². The van der Waals surface area contributed by atoms with Crippen molar-refractivity contribution in [1.82, 2.24) is 4.90 Å². The number of hydrogen-bond donors (Lipinski definition) is 1. The molecule has 1 aliphatic rings. The molecule has 0 aromatic heterocycles. The van der Waals surface area contributed by atoms with Gasteiger partial charge >= 0.3 is 0 Å². The van der Waals surface area contributed by atoms with E-state index in [1.54, 1.807) is 0 Å². The summed E-state index contributed by atoms with van der Waals surface area (Å²) >= 11 is 2.07. The zero-order chi connectivity index (χ0) is 9.19. The first kappa shape index (κ1) is 10.4. The molecule has 2 nitrogen and oxygen atoms in total. The molecular formula is C9H20N2S. The third-order valence-corrected chi connectivity index (χ3v) is 3.72. The van der Waals surface area contributed by atoms with E-state index >= 15 is 0 Å². The van der Waals surface area contributed by atoms with Gasteiger partial charge < -0.3 is 5.73 Å². The minimum absolute atomic E-state index is 0.418. The van der Waals surface area contributed by atoms with Crippen molar-refractivity contribution in [2.24, 2.45) is 5.73 Å². The molecule has 0 radical (unpaired) electrons. The zero-order valence-electron chi connectivity index (χ0n) is 8.34. The van der Waals surface area contributed by atoms with Crippen molar-refractivity contribution < 1.29 is 0 Å². The molecule has 1 atom stereocenters. The largest absolute Gasteiger partial charge is 0.329 e. The summed E-state index contributed by atoms with van der Waals surface area (Å²) < 4.78 is 0.418. The minimum atomic E-state index is 0.418. The summed E-state index contributed by atoms with van der Waals surface area (Å²) in [6.45, 7) is 10.00. The zero-order valence-corrected chi connectivity index (χ0v) is 9.16. The highest BCUT2D eigenvalue weighted by Crippen LogP contribution is 2.30. The second-order valence-corrected chi connectivity index (χ2v) is 5.97. The number of nitrogens with two attached hydrogens (primary N) is 1. The Labute approximate surface area is 79.9 Å². The summed E-state index contributed by atoms with van der Waals surface area (Å²) in [6.07, 6.45) is 0. The summed E-state index contributed by atoms with van der Waals surface area (Å²) in [5.74, 6) is 1.25. The van der Waals surface area contributed by atoms with Gasteiger partial charge in [0.05, 0.1) is 0 Å². The van der Waals surface area contributed by atoms with Crippen molar-refractivity contribution in [2.75, 3.05) is 25.4 Å². The fourth-order valence-corrected chi connectivity index (χ4v) is 2.71. The van der Waals surface area contributed by atoms with E-state index in [4.69, 9.17) is 5.73 Å². The lowest BCUT2D eigenvalue weighted by Gasteiger charge is -2.40. The molecule has 0 aliphatic carbocycles. The first-order chi connectivity index (χ1) is 5.55. The fraction of sp³-hybridized carbons (Fsp3) is 1.00. The molecule has 72 valence electrons. The van der Waals surface area contributed by atoms with Crippen LogP contribution in [0.3, 0.4) is 0 Å². The average molecular weight is 188 g/mol. The SMILES string of the molecule is CC(CN)N1CCSC(C)(C)C1. The van der Waals surface area contributed by atoms with Crippen LogP contribution in [0.4, 0.5) is 0 Å². The lowest BCUT2D eigenvalue weighted by atomic mass is 10.1. The number of rotatable bonds is 2. The predicted octanol–water partition coefficient (Wildman–Crippen LogP) is 1.16. The van der Waals surface area contributed by atoms with Gasteiger partial charge in [-0.1, -0.05) is 0 Å². The maximum absolute atomic E-state index is 5.64. The van der Waals surface area contributed by atoms with E-state index in [2.05, 4.69) is 37.4 Å². The van der Waals surface area contributed by atoms with E-state index in [0.29, 0.717) is 10.8 Å². The Balaban J connectivity index is 2.46. The molecule has 12 heavy (non-hydrogen) atoms. The van der Waals surface area contributed by atoms with Crippen molar-refractivity contribution in [1.29, 1.82) is 0 Å². The maximum Gasteiger partial charge on any atom is 0.0231 e. The number of thioether (sulfide) groups is 1. The van der Waals surface area contributed by atoms with E-state index in [9.17, 15) is 0 Å². The Morgan fingerprint density at radius 1 is 1.58 bits per heavy atom. The third-order valence-electron chi connectivity index (χ3n) is 2.42. The highest BCUT2D eigenvalue weighted by Gasteiger charge is 2.28. The number of hydrogen-bond acceptors (Lipinski definition) is 3. The standard InChI is InChI=1S/C9H20N2S/c1-8(6-10)11-4-5-12-9(2,3)7-11/h8H,4-7,10H2,1-3H3. The van der Waals surface area contributed by atoms with Gasteiger partial charge in [0.25, 0.3) is 0 Å². The van der Waals surface area contributed by atoms with Crippen LogP contribution in [0.1, 0.15) is 20.8 Å². The van der Waals surface area contributed by atoms with E-state index in [0.717, 1.165) is 6.54 Å². The monoisotopic (exact) mass is 188 g/mol. The summed E-state index contributed by atoms with van der Waals surface area (Å²) in [4.78, 5) is 2.50. The number of nitrogens with zero attached hydrogens (tertiary/aromatic N) is 1. The van der Waals surface area contributed by atoms with Crippen LogP contribution < -0.4 is 5.73 Å². The summed E-state index contributed by atoms with van der Waals surface area (Å²) in [7, 11) is 0. The molecule has 2 N–H and O–H groups in total. The van der Waals surface area contributed by atoms with Gasteiger partial charge in [0.15, 0.2) is 0 Å². The first-order valence-corrected chi connectivity index (χ1v) is 5.62. The third kappa shape index (κ3) is 2.64. The Bertz CT molecular complexity index is 147. The lowest BCUT2D eigenvalue weighted by Crippen LogP contribution is -2.49. The van der Waals surface area contributed by atoms with Gasteiger partial charge in [0.2, 0.25) is 0 Å². The van der Waals surface area contributed by atoms with Crippen LogP contribution in [0.15, 0.2) is 0 Å². The van der Waals surface area contributed by atoms with Crippen LogP contribution >= 0.6 is 11.8 Å². The molecule has 1 rings (SSSR count). The molecule has 0 spiro atoms. The van der Waals surface area contributed by atoms with Gasteiger partial charge in [0, 0.05) is 36.2 Å². The van der Waals surface area contributed by atoms with Gasteiger partial charge in [-0.15, -0.1) is 0 Å². The Hall–Kier alpha value is 0.270. The molecule has 0 amide bonds. The van der Waals surface area contributed by atoms with Crippen molar-refractivity contribution in [3.63, 3.8) is 0 Å². The lowest BCUT2D eigenvalue weighted by molar-refractivity contribution is 0.203. The van der Waals surface area contributed by atoms with Crippen molar-refractivity contribution in [3.8, 4) is 0 Å². The Morgan fingerprint density at radius 2 is 2.25 bits per heavy atom. The molecule has 0 saturated carbocycles. The molecule has 1 unspecified atom stereocenters. The molecule has 0 bridgehead atoms. The van der Waals surface area contributed by atoms with Gasteiger partial charge in [-0.2, -0.15) is 11.8 Å². The Kier molecular flexibility index (Phi) is 3.44. The smallest absolute Gasteiger partial charge is 0.0231 e. The van der Waals surface area contributed by atoms with Crippen LogP contribution in [-0.2, 0) is 0 Å². The average Bonchev–Trinajstić information content (AvgIpc) is 2.01.